The first kappa shape index (κ1) is 19.1. The summed E-state index contributed by atoms with van der Waals surface area (Å²) >= 11 is 0. The maximum Gasteiger partial charge on any atom is 0.337 e. The number of fused-ring (bicyclic) bond motifs is 1. The highest BCUT2D eigenvalue weighted by Crippen LogP contribution is 2.36. The van der Waals surface area contributed by atoms with Gasteiger partial charge in [0.25, 0.3) is 10.0 Å². The molecule has 0 unspecified atom stereocenters. The van der Waals surface area contributed by atoms with Crippen molar-refractivity contribution in [2.45, 2.75) is 17.7 Å². The minimum Gasteiger partial charge on any atom is -0.486 e. The van der Waals surface area contributed by atoms with Gasteiger partial charge < -0.3 is 19.5 Å². The van der Waals surface area contributed by atoms with Crippen LogP contribution in [0.4, 0.5) is 11.4 Å². The summed E-state index contributed by atoms with van der Waals surface area (Å²) < 4.78 is 38.6. The molecule has 2 heterocycles. The Balaban J connectivity index is 1.63. The van der Waals surface area contributed by atoms with E-state index in [1.165, 1.54) is 24.3 Å². The third-order valence-corrected chi connectivity index (χ3v) is 6.07. The number of carboxylic acids is 1. The van der Waals surface area contributed by atoms with Crippen molar-refractivity contribution < 1.29 is 32.6 Å². The monoisotopic (exact) mass is 418 g/mol. The lowest BCUT2D eigenvalue weighted by Gasteiger charge is -2.21. The Morgan fingerprint density at radius 2 is 1.72 bits per heavy atom. The van der Waals surface area contributed by atoms with Gasteiger partial charge in [-0.25, -0.2) is 13.2 Å². The molecule has 0 aromatic heterocycles. The molecule has 1 saturated heterocycles. The molecule has 0 bridgehead atoms. The van der Waals surface area contributed by atoms with Crippen molar-refractivity contribution in [3.8, 4) is 11.5 Å². The highest BCUT2D eigenvalue weighted by atomic mass is 32.2. The highest BCUT2D eigenvalue weighted by molar-refractivity contribution is 7.92. The minimum absolute atomic E-state index is 0.00103. The predicted molar refractivity (Wildman–Crippen MR) is 103 cm³/mol. The normalized spacial score (nSPS) is 16.0. The number of rotatable bonds is 5. The van der Waals surface area contributed by atoms with E-state index >= 15 is 0 Å². The summed E-state index contributed by atoms with van der Waals surface area (Å²) in [5.41, 5.74) is 0.245. The van der Waals surface area contributed by atoms with Gasteiger partial charge in [0.05, 0.1) is 16.1 Å². The van der Waals surface area contributed by atoms with Crippen LogP contribution in [-0.2, 0) is 14.8 Å². The smallest absolute Gasteiger partial charge is 0.337 e. The lowest BCUT2D eigenvalue weighted by molar-refractivity contribution is -0.117. The number of nitrogens with zero attached hydrogens (tertiary/aromatic N) is 1. The number of nitrogens with one attached hydrogen (secondary N) is 1. The number of ether oxygens (including phenoxy) is 2. The topological polar surface area (TPSA) is 122 Å². The number of carboxylic acid groups (broad SMARTS) is 1. The minimum atomic E-state index is -4.06. The van der Waals surface area contributed by atoms with Crippen LogP contribution in [0.25, 0.3) is 0 Å². The first-order valence-corrected chi connectivity index (χ1v) is 10.4. The average Bonchev–Trinajstić information content (AvgIpc) is 3.13. The molecule has 0 atom stereocenters. The van der Waals surface area contributed by atoms with Crippen LogP contribution < -0.4 is 19.1 Å². The summed E-state index contributed by atoms with van der Waals surface area (Å²) in [5.74, 6) is -0.790. The van der Waals surface area contributed by atoms with Gasteiger partial charge in [-0.2, -0.15) is 0 Å². The van der Waals surface area contributed by atoms with Gasteiger partial charge in [0.2, 0.25) is 5.91 Å². The molecule has 0 spiro atoms. The zero-order chi connectivity index (χ0) is 20.6. The van der Waals surface area contributed by atoms with Crippen LogP contribution in [0.15, 0.2) is 41.3 Å². The van der Waals surface area contributed by atoms with Crippen molar-refractivity contribution in [2.24, 2.45) is 0 Å². The van der Waals surface area contributed by atoms with Crippen LogP contribution in [0, 0.1) is 0 Å². The standard InChI is InChI=1S/C19H18N2O7S/c22-18-2-1-7-21(18)12-3-5-13(6-4-12)29(25,26)20-15-11-17-16(27-8-9-28-17)10-14(15)19(23)24/h3-6,10-11,20H,1-2,7-9H2,(H,23,24). The molecule has 0 saturated carbocycles. The molecule has 2 aromatic carbocycles. The van der Waals surface area contributed by atoms with E-state index in [0.717, 1.165) is 6.42 Å². The first-order chi connectivity index (χ1) is 13.8. The number of benzene rings is 2. The molecule has 29 heavy (non-hydrogen) atoms. The number of hydrogen-bond acceptors (Lipinski definition) is 6. The van der Waals surface area contributed by atoms with Crippen LogP contribution in [0.3, 0.4) is 0 Å². The first-order valence-electron chi connectivity index (χ1n) is 8.95. The molecule has 1 amide bonds. The van der Waals surface area contributed by atoms with Crippen LogP contribution in [-0.4, -0.2) is 45.2 Å². The van der Waals surface area contributed by atoms with E-state index < -0.39 is 16.0 Å². The molecule has 0 radical (unpaired) electrons. The number of anilines is 2. The Labute approximate surface area is 166 Å². The molecule has 9 nitrogen and oxygen atoms in total. The molecule has 1 fully saturated rings. The van der Waals surface area contributed by atoms with Gasteiger partial charge >= 0.3 is 5.97 Å². The second-order valence-corrected chi connectivity index (χ2v) is 8.28. The van der Waals surface area contributed by atoms with Gasteiger partial charge in [-0.3, -0.25) is 9.52 Å². The lowest BCUT2D eigenvalue weighted by Crippen LogP contribution is -2.23. The van der Waals surface area contributed by atoms with E-state index in [9.17, 15) is 23.1 Å². The fourth-order valence-corrected chi connectivity index (χ4v) is 4.35. The van der Waals surface area contributed by atoms with Crippen LogP contribution in [0.2, 0.25) is 0 Å². The molecule has 2 aromatic rings. The Hall–Kier alpha value is -3.27. The van der Waals surface area contributed by atoms with E-state index in [0.29, 0.717) is 18.7 Å². The fraction of sp³-hybridized carbons (Fsp3) is 0.263. The summed E-state index contributed by atoms with van der Waals surface area (Å²) in [6.45, 7) is 1.16. The van der Waals surface area contributed by atoms with Gasteiger partial charge in [-0.15, -0.1) is 0 Å². The Kier molecular flexibility index (Phi) is 4.79. The molecular weight excluding hydrogens is 400 g/mol. The molecule has 2 N–H and O–H groups in total. The zero-order valence-corrected chi connectivity index (χ0v) is 16.1. The fourth-order valence-electron chi connectivity index (χ4n) is 3.28. The number of carbonyl (C=O) groups excluding carboxylic acids is 1. The summed E-state index contributed by atoms with van der Waals surface area (Å²) in [5, 5.41) is 9.45. The van der Waals surface area contributed by atoms with Gasteiger partial charge in [0.15, 0.2) is 11.5 Å². The number of sulfonamides is 1. The van der Waals surface area contributed by atoms with Crippen LogP contribution in [0.5, 0.6) is 11.5 Å². The van der Waals surface area contributed by atoms with Crippen LogP contribution >= 0.6 is 0 Å². The lowest BCUT2D eigenvalue weighted by atomic mass is 10.1. The Bertz CT molecular complexity index is 1080. The van der Waals surface area contributed by atoms with Gasteiger partial charge in [0, 0.05) is 30.8 Å². The van der Waals surface area contributed by atoms with E-state index in [1.807, 2.05) is 0 Å². The van der Waals surface area contributed by atoms with Crippen molar-refractivity contribution in [3.05, 3.63) is 42.0 Å². The van der Waals surface area contributed by atoms with E-state index in [4.69, 9.17) is 9.47 Å². The maximum absolute atomic E-state index is 12.8. The molecule has 2 aliphatic rings. The Morgan fingerprint density at radius 1 is 1.07 bits per heavy atom. The van der Waals surface area contributed by atoms with E-state index in [1.54, 1.807) is 17.0 Å². The number of hydrogen-bond donors (Lipinski definition) is 2. The van der Waals surface area contributed by atoms with Crippen molar-refractivity contribution in [1.29, 1.82) is 0 Å². The second-order valence-electron chi connectivity index (χ2n) is 6.59. The summed E-state index contributed by atoms with van der Waals surface area (Å²) in [6, 6.07) is 8.40. The molecule has 10 heteroatoms. The van der Waals surface area contributed by atoms with Crippen molar-refractivity contribution >= 4 is 33.3 Å². The molecule has 0 aliphatic carbocycles. The van der Waals surface area contributed by atoms with Gasteiger partial charge in [-0.1, -0.05) is 0 Å². The summed E-state index contributed by atoms with van der Waals surface area (Å²) in [6.07, 6.45) is 1.24. The van der Waals surface area contributed by atoms with Crippen molar-refractivity contribution in [3.63, 3.8) is 0 Å². The quantitative estimate of drug-likeness (QED) is 0.762. The third kappa shape index (κ3) is 3.70. The number of amides is 1. The maximum atomic E-state index is 12.8. The molecular formula is C19H18N2O7S. The molecule has 4 rings (SSSR count). The largest absolute Gasteiger partial charge is 0.486 e. The van der Waals surface area contributed by atoms with E-state index in [2.05, 4.69) is 4.72 Å². The van der Waals surface area contributed by atoms with E-state index in [-0.39, 0.29) is 46.8 Å². The highest BCUT2D eigenvalue weighted by Gasteiger charge is 2.25. The number of carbonyl (C=O) groups is 2. The second kappa shape index (κ2) is 7.28. The van der Waals surface area contributed by atoms with Gasteiger partial charge in [0.1, 0.15) is 13.2 Å². The van der Waals surface area contributed by atoms with Crippen molar-refractivity contribution in [2.75, 3.05) is 29.4 Å². The molecule has 152 valence electrons. The summed E-state index contributed by atoms with van der Waals surface area (Å²) in [4.78, 5) is 25.0. The number of aromatic carboxylic acids is 1. The summed E-state index contributed by atoms with van der Waals surface area (Å²) in [7, 11) is -4.06. The SMILES string of the molecule is O=C(O)c1cc2c(cc1NS(=O)(=O)c1ccc(N3CCCC3=O)cc1)OCCO2. The average molecular weight is 418 g/mol. The zero-order valence-electron chi connectivity index (χ0n) is 15.3. The van der Waals surface area contributed by atoms with Crippen molar-refractivity contribution in [1.82, 2.24) is 0 Å². The predicted octanol–water partition coefficient (Wildman–Crippen LogP) is 2.08. The molecule has 2 aliphatic heterocycles. The van der Waals surface area contributed by atoms with Gasteiger partial charge in [-0.05, 0) is 30.7 Å². The third-order valence-electron chi connectivity index (χ3n) is 4.69. The Morgan fingerprint density at radius 3 is 2.31 bits per heavy atom. The van der Waals surface area contributed by atoms with Crippen LogP contribution in [0.1, 0.15) is 23.2 Å².